The first-order valence-electron chi connectivity index (χ1n) is 8.96. The zero-order valence-corrected chi connectivity index (χ0v) is 16.4. The Hall–Kier alpha value is -3.89. The molecule has 1 amide bonds. The van der Waals surface area contributed by atoms with Crippen LogP contribution in [0.5, 0.6) is 0 Å². The van der Waals surface area contributed by atoms with Crippen molar-refractivity contribution in [3.05, 3.63) is 92.7 Å². The molecule has 0 aliphatic heterocycles. The summed E-state index contributed by atoms with van der Waals surface area (Å²) in [5.41, 5.74) is 1.32. The Labute approximate surface area is 177 Å². The molecule has 1 aromatic heterocycles. The minimum absolute atomic E-state index is 0.0984. The van der Waals surface area contributed by atoms with E-state index < -0.39 is 10.8 Å². The van der Waals surface area contributed by atoms with Crippen molar-refractivity contribution >= 4 is 29.3 Å². The van der Waals surface area contributed by atoms with Crippen LogP contribution in [-0.4, -0.2) is 17.4 Å². The Morgan fingerprint density at radius 2 is 1.97 bits per heavy atom. The monoisotopic (exact) mass is 421 g/mol. The predicted molar refractivity (Wildman–Crippen MR) is 113 cm³/mol. The molecular formula is C22H16ClN3O4. The molecule has 8 heteroatoms. The lowest BCUT2D eigenvalue weighted by atomic mass is 10.1. The van der Waals surface area contributed by atoms with Crippen molar-refractivity contribution in [2.24, 2.45) is 0 Å². The van der Waals surface area contributed by atoms with Gasteiger partial charge in [0, 0.05) is 30.3 Å². The van der Waals surface area contributed by atoms with Crippen LogP contribution in [0.25, 0.3) is 17.4 Å². The van der Waals surface area contributed by atoms with Gasteiger partial charge in [0.25, 0.3) is 11.6 Å². The molecule has 0 radical (unpaired) electrons. The molecule has 7 nitrogen and oxygen atoms in total. The summed E-state index contributed by atoms with van der Waals surface area (Å²) in [6, 6.07) is 18.8. The van der Waals surface area contributed by atoms with Crippen LogP contribution in [0.4, 0.5) is 5.69 Å². The first kappa shape index (κ1) is 20.8. The van der Waals surface area contributed by atoms with Crippen molar-refractivity contribution in [2.75, 3.05) is 6.54 Å². The Kier molecular flexibility index (Phi) is 6.63. The number of benzene rings is 2. The fourth-order valence-corrected chi connectivity index (χ4v) is 3.01. The van der Waals surface area contributed by atoms with Crippen LogP contribution < -0.4 is 5.32 Å². The van der Waals surface area contributed by atoms with E-state index in [1.165, 1.54) is 24.3 Å². The topological polar surface area (TPSA) is 109 Å². The number of nitriles is 1. The average molecular weight is 422 g/mol. The summed E-state index contributed by atoms with van der Waals surface area (Å²) in [6.07, 6.45) is 1.98. The molecule has 150 valence electrons. The molecule has 0 saturated carbocycles. The van der Waals surface area contributed by atoms with Gasteiger partial charge < -0.3 is 9.73 Å². The molecule has 3 rings (SSSR count). The SMILES string of the molecule is N#C/C(=C\c1ccc(-c2ccc([N+](=O)[O-])cc2Cl)o1)C(=O)NCCc1ccccc1. The number of hydrogen-bond donors (Lipinski definition) is 1. The van der Waals surface area contributed by atoms with Crippen LogP contribution >= 0.6 is 11.6 Å². The Morgan fingerprint density at radius 1 is 1.20 bits per heavy atom. The van der Waals surface area contributed by atoms with Gasteiger partial charge in [0.15, 0.2) is 0 Å². The third-order valence-corrected chi connectivity index (χ3v) is 4.56. The number of hydrogen-bond acceptors (Lipinski definition) is 5. The molecule has 0 aliphatic rings. The summed E-state index contributed by atoms with van der Waals surface area (Å²) in [7, 11) is 0. The van der Waals surface area contributed by atoms with Crippen molar-refractivity contribution in [1.29, 1.82) is 5.26 Å². The van der Waals surface area contributed by atoms with Gasteiger partial charge in [-0.2, -0.15) is 5.26 Å². The van der Waals surface area contributed by atoms with Crippen molar-refractivity contribution < 1.29 is 14.1 Å². The number of halogens is 1. The molecule has 0 aliphatic carbocycles. The molecule has 0 spiro atoms. The lowest BCUT2D eigenvalue weighted by Gasteiger charge is -2.04. The smallest absolute Gasteiger partial charge is 0.270 e. The minimum Gasteiger partial charge on any atom is -0.457 e. The van der Waals surface area contributed by atoms with Gasteiger partial charge >= 0.3 is 0 Å². The normalized spacial score (nSPS) is 11.0. The Balaban J connectivity index is 1.69. The first-order chi connectivity index (χ1) is 14.5. The lowest BCUT2D eigenvalue weighted by Crippen LogP contribution is -2.26. The third-order valence-electron chi connectivity index (χ3n) is 4.25. The number of nitro benzene ring substituents is 1. The molecule has 1 heterocycles. The molecule has 0 atom stereocenters. The summed E-state index contributed by atoms with van der Waals surface area (Å²) >= 11 is 6.11. The maximum atomic E-state index is 12.3. The van der Waals surface area contributed by atoms with E-state index in [2.05, 4.69) is 5.32 Å². The van der Waals surface area contributed by atoms with Crippen LogP contribution in [0.2, 0.25) is 5.02 Å². The van der Waals surface area contributed by atoms with E-state index in [1.54, 1.807) is 12.1 Å². The molecule has 0 fully saturated rings. The number of nitro groups is 1. The van der Waals surface area contributed by atoms with Gasteiger partial charge in [0.2, 0.25) is 0 Å². The highest BCUT2D eigenvalue weighted by Gasteiger charge is 2.14. The summed E-state index contributed by atoms with van der Waals surface area (Å²) < 4.78 is 5.65. The maximum Gasteiger partial charge on any atom is 0.270 e. The summed E-state index contributed by atoms with van der Waals surface area (Å²) in [5, 5.41) is 23.0. The van der Waals surface area contributed by atoms with E-state index in [-0.39, 0.29) is 22.0 Å². The van der Waals surface area contributed by atoms with Crippen LogP contribution in [0.1, 0.15) is 11.3 Å². The van der Waals surface area contributed by atoms with Crippen molar-refractivity contribution in [3.8, 4) is 17.4 Å². The first-order valence-corrected chi connectivity index (χ1v) is 9.34. The fourth-order valence-electron chi connectivity index (χ4n) is 2.74. The molecule has 0 bridgehead atoms. The van der Waals surface area contributed by atoms with E-state index in [0.29, 0.717) is 24.3 Å². The Morgan fingerprint density at radius 3 is 2.63 bits per heavy atom. The molecule has 2 aromatic carbocycles. The van der Waals surface area contributed by atoms with Gasteiger partial charge in [0.05, 0.1) is 9.95 Å². The van der Waals surface area contributed by atoms with Crippen LogP contribution in [0, 0.1) is 21.4 Å². The minimum atomic E-state index is -0.540. The van der Waals surface area contributed by atoms with Crippen LogP contribution in [-0.2, 0) is 11.2 Å². The second-order valence-corrected chi connectivity index (χ2v) is 6.69. The third kappa shape index (κ3) is 5.13. The highest BCUT2D eigenvalue weighted by molar-refractivity contribution is 6.33. The second-order valence-electron chi connectivity index (χ2n) is 6.28. The number of nitrogens with zero attached hydrogens (tertiary/aromatic N) is 2. The molecule has 1 N–H and O–H groups in total. The summed E-state index contributed by atoms with van der Waals surface area (Å²) in [6.45, 7) is 0.393. The standard InChI is InChI=1S/C22H16ClN3O4/c23-20-13-17(26(28)29)6-8-19(20)21-9-7-18(30-21)12-16(14-24)22(27)25-11-10-15-4-2-1-3-5-15/h1-9,12-13H,10-11H2,(H,25,27)/b16-12+. The fraction of sp³-hybridized carbons (Fsp3) is 0.0909. The average Bonchev–Trinajstić information content (AvgIpc) is 3.20. The number of non-ortho nitro benzene ring substituents is 1. The van der Waals surface area contributed by atoms with Crippen molar-refractivity contribution in [3.63, 3.8) is 0 Å². The molecule has 0 saturated heterocycles. The number of carbonyl (C=O) groups excluding carboxylic acids is 1. The summed E-state index contributed by atoms with van der Waals surface area (Å²) in [5.74, 6) is 0.150. The van der Waals surface area contributed by atoms with E-state index in [9.17, 15) is 20.2 Å². The maximum absolute atomic E-state index is 12.3. The van der Waals surface area contributed by atoms with Gasteiger partial charge in [-0.15, -0.1) is 0 Å². The van der Waals surface area contributed by atoms with Gasteiger partial charge in [-0.05, 0) is 30.2 Å². The van der Waals surface area contributed by atoms with Gasteiger partial charge in [-0.3, -0.25) is 14.9 Å². The highest BCUT2D eigenvalue weighted by atomic mass is 35.5. The van der Waals surface area contributed by atoms with Crippen LogP contribution in [0.15, 0.2) is 70.7 Å². The zero-order valence-electron chi connectivity index (χ0n) is 15.7. The quantitative estimate of drug-likeness (QED) is 0.255. The number of nitrogens with one attached hydrogen (secondary N) is 1. The molecule has 0 unspecified atom stereocenters. The van der Waals surface area contributed by atoms with E-state index in [0.717, 1.165) is 5.56 Å². The van der Waals surface area contributed by atoms with Gasteiger partial charge in [-0.25, -0.2) is 0 Å². The number of rotatable bonds is 7. The number of furan rings is 1. The van der Waals surface area contributed by atoms with Gasteiger partial charge in [0.1, 0.15) is 23.2 Å². The van der Waals surface area contributed by atoms with Gasteiger partial charge in [-0.1, -0.05) is 41.9 Å². The zero-order chi connectivity index (χ0) is 21.5. The predicted octanol–water partition coefficient (Wildman–Crippen LogP) is 4.77. The van der Waals surface area contributed by atoms with E-state index >= 15 is 0 Å². The molecular weight excluding hydrogens is 406 g/mol. The van der Waals surface area contributed by atoms with Crippen molar-refractivity contribution in [1.82, 2.24) is 5.32 Å². The van der Waals surface area contributed by atoms with E-state index in [4.69, 9.17) is 16.0 Å². The highest BCUT2D eigenvalue weighted by Crippen LogP contribution is 2.32. The number of amides is 1. The largest absolute Gasteiger partial charge is 0.457 e. The second kappa shape index (κ2) is 9.54. The van der Waals surface area contributed by atoms with Crippen molar-refractivity contribution in [2.45, 2.75) is 6.42 Å². The molecule has 30 heavy (non-hydrogen) atoms. The molecule has 3 aromatic rings. The lowest BCUT2D eigenvalue weighted by molar-refractivity contribution is -0.384. The van der Waals surface area contributed by atoms with E-state index in [1.807, 2.05) is 36.4 Å². The Bertz CT molecular complexity index is 1150. The summed E-state index contributed by atoms with van der Waals surface area (Å²) in [4.78, 5) is 22.6. The van der Waals surface area contributed by atoms with Crippen LogP contribution in [0.3, 0.4) is 0 Å². The number of carbonyl (C=O) groups is 1.